The van der Waals surface area contributed by atoms with Crippen LogP contribution in [0.5, 0.6) is 0 Å². The topological polar surface area (TPSA) is 81.1 Å². The molecule has 0 radical (unpaired) electrons. The van der Waals surface area contributed by atoms with Crippen molar-refractivity contribution < 1.29 is 19.8 Å². The molecule has 1 fully saturated rings. The van der Waals surface area contributed by atoms with Crippen molar-refractivity contribution in [3.63, 3.8) is 0 Å². The number of aliphatic carboxylic acids is 1. The van der Waals surface area contributed by atoms with Crippen molar-refractivity contribution in [3.8, 4) is 0 Å². The van der Waals surface area contributed by atoms with Gasteiger partial charge in [-0.2, -0.15) is 0 Å². The van der Waals surface area contributed by atoms with E-state index in [0.29, 0.717) is 19.5 Å². The molecule has 0 aromatic rings. The third kappa shape index (κ3) is 4.09. The number of carbonyl (C=O) groups excluding carboxylic acids is 1. The molecule has 1 atom stereocenters. The monoisotopic (exact) mass is 272 g/mol. The highest BCUT2D eigenvalue weighted by atomic mass is 16.4. The summed E-state index contributed by atoms with van der Waals surface area (Å²) in [4.78, 5) is 26.5. The van der Waals surface area contributed by atoms with Gasteiger partial charge in [-0.3, -0.25) is 4.79 Å². The van der Waals surface area contributed by atoms with Gasteiger partial charge < -0.3 is 20.0 Å². The van der Waals surface area contributed by atoms with Crippen molar-refractivity contribution in [2.45, 2.75) is 32.6 Å². The Bertz CT molecular complexity index is 335. The van der Waals surface area contributed by atoms with E-state index in [9.17, 15) is 9.59 Å². The van der Waals surface area contributed by atoms with E-state index in [2.05, 4.69) is 0 Å². The highest BCUT2D eigenvalue weighted by Gasteiger charge is 2.42. The van der Waals surface area contributed by atoms with Gasteiger partial charge in [0.15, 0.2) is 0 Å². The van der Waals surface area contributed by atoms with Crippen LogP contribution in [0.2, 0.25) is 0 Å². The van der Waals surface area contributed by atoms with E-state index < -0.39 is 11.4 Å². The van der Waals surface area contributed by atoms with Gasteiger partial charge in [0.05, 0.1) is 5.41 Å². The quantitative estimate of drug-likeness (QED) is 0.707. The Morgan fingerprint density at radius 2 is 2.00 bits per heavy atom. The molecule has 19 heavy (non-hydrogen) atoms. The highest BCUT2D eigenvalue weighted by Crippen LogP contribution is 2.30. The van der Waals surface area contributed by atoms with Crippen molar-refractivity contribution >= 4 is 12.0 Å². The Hall–Kier alpha value is -1.30. The third-order valence-corrected chi connectivity index (χ3v) is 3.74. The summed E-state index contributed by atoms with van der Waals surface area (Å²) in [6, 6.07) is -0.103. The Labute approximate surface area is 114 Å². The summed E-state index contributed by atoms with van der Waals surface area (Å²) in [7, 11) is 1.73. The maximum atomic E-state index is 12.1. The predicted molar refractivity (Wildman–Crippen MR) is 70.9 cm³/mol. The molecule has 1 heterocycles. The van der Waals surface area contributed by atoms with Gasteiger partial charge in [0.25, 0.3) is 0 Å². The first-order valence-electron chi connectivity index (χ1n) is 6.75. The molecule has 0 saturated carbocycles. The summed E-state index contributed by atoms with van der Waals surface area (Å²) >= 11 is 0. The molecule has 0 aromatic heterocycles. The lowest BCUT2D eigenvalue weighted by molar-refractivity contribution is -0.147. The van der Waals surface area contributed by atoms with Gasteiger partial charge in [0.1, 0.15) is 0 Å². The zero-order valence-corrected chi connectivity index (χ0v) is 11.8. The number of amides is 2. The fraction of sp³-hybridized carbons (Fsp3) is 0.846. The second kappa shape index (κ2) is 6.75. The maximum absolute atomic E-state index is 12.1. The lowest BCUT2D eigenvalue weighted by Gasteiger charge is -2.26. The molecular formula is C13H24N2O4. The lowest BCUT2D eigenvalue weighted by Crippen LogP contribution is -2.42. The zero-order valence-electron chi connectivity index (χ0n) is 11.8. The van der Waals surface area contributed by atoms with E-state index in [-0.39, 0.29) is 19.2 Å². The van der Waals surface area contributed by atoms with Gasteiger partial charge in [-0.15, -0.1) is 0 Å². The van der Waals surface area contributed by atoms with Crippen molar-refractivity contribution in [2.24, 2.45) is 5.41 Å². The van der Waals surface area contributed by atoms with Gasteiger partial charge >= 0.3 is 12.0 Å². The molecule has 0 spiro atoms. The lowest BCUT2D eigenvalue weighted by atomic mass is 9.90. The number of nitrogens with zero attached hydrogens (tertiary/aromatic N) is 2. The second-order valence-corrected chi connectivity index (χ2v) is 5.53. The highest BCUT2D eigenvalue weighted by molar-refractivity contribution is 5.79. The average molecular weight is 272 g/mol. The predicted octanol–water partition coefficient (Wildman–Crippen LogP) is 0.997. The number of rotatable bonds is 6. The Kier molecular flexibility index (Phi) is 5.60. The van der Waals surface area contributed by atoms with Crippen LogP contribution in [-0.2, 0) is 4.79 Å². The fourth-order valence-corrected chi connectivity index (χ4v) is 2.27. The standard InChI is InChI=1S/C13H24N2O4/c1-13(11(17)18)6-8-15(10-13)12(19)14(2)7-4-3-5-9-16/h16H,3-10H2,1-2H3,(H,17,18). The maximum Gasteiger partial charge on any atom is 0.319 e. The summed E-state index contributed by atoms with van der Waals surface area (Å²) in [5, 5.41) is 17.8. The molecule has 1 rings (SSSR count). The molecule has 110 valence electrons. The van der Waals surface area contributed by atoms with Crippen LogP contribution in [0.4, 0.5) is 4.79 Å². The Morgan fingerprint density at radius 1 is 1.32 bits per heavy atom. The van der Waals surface area contributed by atoms with Crippen LogP contribution >= 0.6 is 0 Å². The molecular weight excluding hydrogens is 248 g/mol. The number of carboxylic acids is 1. The first-order chi connectivity index (χ1) is 8.90. The largest absolute Gasteiger partial charge is 0.481 e. The molecule has 6 nitrogen and oxygen atoms in total. The van der Waals surface area contributed by atoms with Crippen molar-refractivity contribution in [3.05, 3.63) is 0 Å². The summed E-state index contributed by atoms with van der Waals surface area (Å²) in [5.74, 6) is -0.839. The number of aliphatic hydroxyl groups is 1. The van der Waals surface area contributed by atoms with Gasteiger partial charge in [0.2, 0.25) is 0 Å². The molecule has 6 heteroatoms. The number of hydrogen-bond acceptors (Lipinski definition) is 3. The minimum atomic E-state index is -0.839. The van der Waals surface area contributed by atoms with E-state index in [1.807, 2.05) is 0 Å². The molecule has 0 bridgehead atoms. The van der Waals surface area contributed by atoms with E-state index in [0.717, 1.165) is 19.3 Å². The number of unbranched alkanes of at least 4 members (excludes halogenated alkanes) is 2. The normalized spacial score (nSPS) is 22.6. The number of aliphatic hydroxyl groups excluding tert-OH is 1. The van der Waals surface area contributed by atoms with Crippen LogP contribution in [0.3, 0.4) is 0 Å². The number of hydrogen-bond donors (Lipinski definition) is 2. The third-order valence-electron chi connectivity index (χ3n) is 3.74. The average Bonchev–Trinajstić information content (AvgIpc) is 2.77. The molecule has 0 aromatic carbocycles. The second-order valence-electron chi connectivity index (χ2n) is 5.53. The summed E-state index contributed by atoms with van der Waals surface area (Å²) in [5.41, 5.74) is -0.812. The van der Waals surface area contributed by atoms with Gasteiger partial charge in [-0.05, 0) is 32.6 Å². The molecule has 1 aliphatic rings. The van der Waals surface area contributed by atoms with Gasteiger partial charge in [-0.25, -0.2) is 4.79 Å². The molecule has 2 amide bonds. The number of urea groups is 1. The Morgan fingerprint density at radius 3 is 2.53 bits per heavy atom. The summed E-state index contributed by atoms with van der Waals surface area (Å²) in [6.07, 6.45) is 3.00. The van der Waals surface area contributed by atoms with E-state index in [1.165, 1.54) is 0 Å². The van der Waals surface area contributed by atoms with Crippen LogP contribution < -0.4 is 0 Å². The van der Waals surface area contributed by atoms with Crippen LogP contribution in [0.15, 0.2) is 0 Å². The minimum absolute atomic E-state index is 0.103. The molecule has 1 unspecified atom stereocenters. The summed E-state index contributed by atoms with van der Waals surface area (Å²) < 4.78 is 0. The number of carboxylic acid groups (broad SMARTS) is 1. The smallest absolute Gasteiger partial charge is 0.319 e. The van der Waals surface area contributed by atoms with Crippen LogP contribution in [0.1, 0.15) is 32.6 Å². The van der Waals surface area contributed by atoms with Crippen LogP contribution in [0, 0.1) is 5.41 Å². The minimum Gasteiger partial charge on any atom is -0.481 e. The summed E-state index contributed by atoms with van der Waals surface area (Å²) in [6.45, 7) is 3.29. The first kappa shape index (κ1) is 15.8. The van der Waals surface area contributed by atoms with E-state index in [1.54, 1.807) is 23.8 Å². The van der Waals surface area contributed by atoms with E-state index in [4.69, 9.17) is 10.2 Å². The van der Waals surface area contributed by atoms with Gasteiger partial charge in [0, 0.05) is 33.3 Å². The molecule has 1 saturated heterocycles. The van der Waals surface area contributed by atoms with Crippen LogP contribution in [-0.4, -0.2) is 65.3 Å². The SMILES string of the molecule is CN(CCCCCO)C(=O)N1CCC(C)(C(=O)O)C1. The number of carbonyl (C=O) groups is 2. The number of likely N-dealkylation sites (tertiary alicyclic amines) is 1. The van der Waals surface area contributed by atoms with Crippen molar-refractivity contribution in [1.29, 1.82) is 0 Å². The fourth-order valence-electron chi connectivity index (χ4n) is 2.27. The molecule has 2 N–H and O–H groups in total. The zero-order chi connectivity index (χ0) is 14.5. The first-order valence-corrected chi connectivity index (χ1v) is 6.75. The van der Waals surface area contributed by atoms with Gasteiger partial charge in [-0.1, -0.05) is 0 Å². The molecule has 0 aliphatic carbocycles. The molecule has 1 aliphatic heterocycles. The van der Waals surface area contributed by atoms with Crippen molar-refractivity contribution in [2.75, 3.05) is 33.3 Å². The van der Waals surface area contributed by atoms with Crippen molar-refractivity contribution in [1.82, 2.24) is 9.80 Å². The van der Waals surface area contributed by atoms with E-state index >= 15 is 0 Å². The van der Waals surface area contributed by atoms with Crippen LogP contribution in [0.25, 0.3) is 0 Å². The Balaban J connectivity index is 2.40.